The zero-order valence-corrected chi connectivity index (χ0v) is 9.87. The van der Waals surface area contributed by atoms with Crippen LogP contribution in [0.15, 0.2) is 18.3 Å². The van der Waals surface area contributed by atoms with Gasteiger partial charge in [-0.25, -0.2) is 0 Å². The molecule has 1 N–H and O–H groups in total. The van der Waals surface area contributed by atoms with Crippen LogP contribution >= 0.6 is 0 Å². The lowest BCUT2D eigenvalue weighted by Gasteiger charge is -2.14. The average molecular weight is 206 g/mol. The molecule has 1 aliphatic rings. The van der Waals surface area contributed by atoms with Crippen molar-refractivity contribution in [3.05, 3.63) is 24.0 Å². The minimum absolute atomic E-state index is 0.921. The van der Waals surface area contributed by atoms with E-state index in [4.69, 9.17) is 0 Å². The first-order valence-corrected chi connectivity index (χ1v) is 6.18. The van der Waals surface area contributed by atoms with Crippen molar-refractivity contribution in [2.75, 3.05) is 13.1 Å². The summed E-state index contributed by atoms with van der Waals surface area (Å²) in [5.41, 5.74) is 1.35. The highest BCUT2D eigenvalue weighted by Crippen LogP contribution is 2.29. The molecular weight excluding hydrogens is 184 g/mol. The Morgan fingerprint density at radius 2 is 1.93 bits per heavy atom. The van der Waals surface area contributed by atoms with Crippen molar-refractivity contribution < 1.29 is 0 Å². The minimum Gasteiger partial charge on any atom is -0.364 e. The Morgan fingerprint density at radius 3 is 2.40 bits per heavy atom. The smallest absolute Gasteiger partial charge is 0.0385 e. The molecule has 0 bridgehead atoms. The van der Waals surface area contributed by atoms with Gasteiger partial charge < -0.3 is 4.98 Å². The zero-order chi connectivity index (χ0) is 10.7. The largest absolute Gasteiger partial charge is 0.364 e. The molecule has 2 nitrogen and oxygen atoms in total. The van der Waals surface area contributed by atoms with Gasteiger partial charge in [0, 0.05) is 31.5 Å². The molecule has 0 amide bonds. The summed E-state index contributed by atoms with van der Waals surface area (Å²) in [6.07, 6.45) is 4.68. The minimum atomic E-state index is 0.921. The van der Waals surface area contributed by atoms with Crippen LogP contribution in [-0.4, -0.2) is 23.0 Å². The first-order valence-electron chi connectivity index (χ1n) is 6.18. The Labute approximate surface area is 92.7 Å². The third-order valence-electron chi connectivity index (χ3n) is 3.76. The van der Waals surface area contributed by atoms with E-state index in [-0.39, 0.29) is 0 Å². The molecule has 1 aromatic rings. The SMILES string of the molecule is CCC1CN(Cc2ccc[nH]2)CC1CC. The maximum absolute atomic E-state index is 3.29. The molecule has 15 heavy (non-hydrogen) atoms. The number of likely N-dealkylation sites (tertiary alicyclic amines) is 1. The monoisotopic (exact) mass is 206 g/mol. The van der Waals surface area contributed by atoms with Crippen LogP contribution in [0, 0.1) is 11.8 Å². The molecule has 2 atom stereocenters. The number of nitrogens with zero attached hydrogens (tertiary/aromatic N) is 1. The molecule has 2 rings (SSSR count). The highest BCUT2D eigenvalue weighted by molar-refractivity contribution is 5.04. The summed E-state index contributed by atoms with van der Waals surface area (Å²) in [5, 5.41) is 0. The van der Waals surface area contributed by atoms with Crippen LogP contribution < -0.4 is 0 Å². The van der Waals surface area contributed by atoms with Crippen molar-refractivity contribution in [1.82, 2.24) is 9.88 Å². The second-order valence-electron chi connectivity index (χ2n) is 4.73. The van der Waals surface area contributed by atoms with Crippen molar-refractivity contribution in [1.29, 1.82) is 0 Å². The molecule has 2 heteroatoms. The van der Waals surface area contributed by atoms with Gasteiger partial charge in [0.15, 0.2) is 0 Å². The van der Waals surface area contributed by atoms with Gasteiger partial charge in [0.1, 0.15) is 0 Å². The van der Waals surface area contributed by atoms with E-state index in [1.165, 1.54) is 31.6 Å². The van der Waals surface area contributed by atoms with Crippen molar-refractivity contribution in [3.8, 4) is 0 Å². The number of H-pyrrole nitrogens is 1. The number of nitrogens with one attached hydrogen (secondary N) is 1. The van der Waals surface area contributed by atoms with Gasteiger partial charge in [0.25, 0.3) is 0 Å². The van der Waals surface area contributed by atoms with Crippen LogP contribution in [0.2, 0.25) is 0 Å². The molecule has 1 aliphatic heterocycles. The molecule has 0 aromatic carbocycles. The lowest BCUT2D eigenvalue weighted by molar-refractivity contribution is 0.308. The molecule has 2 unspecified atom stereocenters. The van der Waals surface area contributed by atoms with E-state index in [0.717, 1.165) is 18.4 Å². The van der Waals surface area contributed by atoms with E-state index in [1.807, 2.05) is 6.20 Å². The molecule has 0 saturated carbocycles. The normalized spacial score (nSPS) is 27.3. The second kappa shape index (κ2) is 4.84. The van der Waals surface area contributed by atoms with Crippen molar-refractivity contribution in [2.45, 2.75) is 33.2 Å². The van der Waals surface area contributed by atoms with Gasteiger partial charge in [-0.15, -0.1) is 0 Å². The predicted octanol–water partition coefficient (Wildman–Crippen LogP) is 2.88. The number of rotatable bonds is 4. The quantitative estimate of drug-likeness (QED) is 0.802. The number of hydrogen-bond donors (Lipinski definition) is 1. The molecule has 1 saturated heterocycles. The van der Waals surface area contributed by atoms with Crippen LogP contribution in [0.5, 0.6) is 0 Å². The highest BCUT2D eigenvalue weighted by atomic mass is 15.2. The van der Waals surface area contributed by atoms with Crippen LogP contribution in [0.1, 0.15) is 32.4 Å². The Hall–Kier alpha value is -0.760. The summed E-state index contributed by atoms with van der Waals surface area (Å²) < 4.78 is 0. The topological polar surface area (TPSA) is 19.0 Å². The maximum Gasteiger partial charge on any atom is 0.0385 e. The van der Waals surface area contributed by atoms with Gasteiger partial charge in [0.05, 0.1) is 0 Å². The summed E-state index contributed by atoms with van der Waals surface area (Å²) in [5.74, 6) is 1.84. The Bertz CT molecular complexity index is 267. The Kier molecular flexibility index (Phi) is 3.47. The fourth-order valence-corrected chi connectivity index (χ4v) is 2.80. The molecule has 0 aliphatic carbocycles. The Morgan fingerprint density at radius 1 is 1.27 bits per heavy atom. The number of hydrogen-bond acceptors (Lipinski definition) is 1. The molecule has 1 fully saturated rings. The highest BCUT2D eigenvalue weighted by Gasteiger charge is 2.29. The lowest BCUT2D eigenvalue weighted by Crippen LogP contribution is -2.20. The molecular formula is C13H22N2. The summed E-state index contributed by atoms with van der Waals surface area (Å²) in [6, 6.07) is 4.26. The Balaban J connectivity index is 1.91. The van der Waals surface area contributed by atoms with Gasteiger partial charge in [-0.05, 0) is 24.0 Å². The lowest BCUT2D eigenvalue weighted by atomic mass is 9.92. The molecule has 2 heterocycles. The van der Waals surface area contributed by atoms with E-state index >= 15 is 0 Å². The van der Waals surface area contributed by atoms with Crippen molar-refractivity contribution >= 4 is 0 Å². The third kappa shape index (κ3) is 2.43. The second-order valence-corrected chi connectivity index (χ2v) is 4.73. The van der Waals surface area contributed by atoms with Gasteiger partial charge in [-0.2, -0.15) is 0 Å². The van der Waals surface area contributed by atoms with E-state index in [0.29, 0.717) is 0 Å². The van der Waals surface area contributed by atoms with Crippen LogP contribution in [-0.2, 0) is 6.54 Å². The molecule has 0 spiro atoms. The predicted molar refractivity (Wildman–Crippen MR) is 63.6 cm³/mol. The van der Waals surface area contributed by atoms with Gasteiger partial charge in [-0.3, -0.25) is 4.90 Å². The summed E-state index contributed by atoms with van der Waals surface area (Å²) in [7, 11) is 0. The summed E-state index contributed by atoms with van der Waals surface area (Å²) >= 11 is 0. The number of aromatic nitrogens is 1. The standard InChI is InChI=1S/C13H22N2/c1-3-11-8-15(9-12(11)4-2)10-13-6-5-7-14-13/h5-7,11-12,14H,3-4,8-10H2,1-2H3. The number of aromatic amines is 1. The van der Waals surface area contributed by atoms with Gasteiger partial charge in [-0.1, -0.05) is 26.7 Å². The summed E-state index contributed by atoms with van der Waals surface area (Å²) in [4.78, 5) is 5.88. The summed E-state index contributed by atoms with van der Waals surface area (Å²) in [6.45, 7) is 8.32. The first-order chi connectivity index (χ1) is 7.33. The maximum atomic E-state index is 3.29. The third-order valence-corrected chi connectivity index (χ3v) is 3.76. The zero-order valence-electron chi connectivity index (χ0n) is 9.87. The average Bonchev–Trinajstić information content (AvgIpc) is 2.87. The fourth-order valence-electron chi connectivity index (χ4n) is 2.80. The van der Waals surface area contributed by atoms with Crippen molar-refractivity contribution in [3.63, 3.8) is 0 Å². The van der Waals surface area contributed by atoms with Crippen LogP contribution in [0.3, 0.4) is 0 Å². The van der Waals surface area contributed by atoms with E-state index in [1.54, 1.807) is 0 Å². The van der Waals surface area contributed by atoms with Gasteiger partial charge in [0.2, 0.25) is 0 Å². The fraction of sp³-hybridized carbons (Fsp3) is 0.692. The molecule has 0 radical (unpaired) electrons. The van der Waals surface area contributed by atoms with Crippen LogP contribution in [0.25, 0.3) is 0 Å². The first kappa shape index (κ1) is 10.7. The van der Waals surface area contributed by atoms with E-state index in [2.05, 4.69) is 35.9 Å². The van der Waals surface area contributed by atoms with E-state index in [9.17, 15) is 0 Å². The van der Waals surface area contributed by atoms with Gasteiger partial charge >= 0.3 is 0 Å². The van der Waals surface area contributed by atoms with E-state index < -0.39 is 0 Å². The van der Waals surface area contributed by atoms with Crippen molar-refractivity contribution in [2.24, 2.45) is 11.8 Å². The molecule has 1 aromatic heterocycles. The molecule has 84 valence electrons. The van der Waals surface area contributed by atoms with Crippen LogP contribution in [0.4, 0.5) is 0 Å².